The second kappa shape index (κ2) is 4.73. The van der Waals surface area contributed by atoms with Crippen LogP contribution < -0.4 is 11.2 Å². The summed E-state index contributed by atoms with van der Waals surface area (Å²) in [5.74, 6) is -6.71. The number of anilines is 1. The summed E-state index contributed by atoms with van der Waals surface area (Å²) in [6, 6.07) is -0.500. The van der Waals surface area contributed by atoms with E-state index >= 15 is 0 Å². The van der Waals surface area contributed by atoms with Crippen LogP contribution in [0.3, 0.4) is 0 Å². The fourth-order valence-corrected chi connectivity index (χ4v) is 2.36. The number of rotatable bonds is 2. The van der Waals surface area contributed by atoms with Gasteiger partial charge in [-0.2, -0.15) is 0 Å². The highest BCUT2D eigenvalue weighted by Gasteiger charge is 2.30. The minimum atomic E-state index is -1.82. The summed E-state index contributed by atoms with van der Waals surface area (Å²) >= 11 is 0. The van der Waals surface area contributed by atoms with Gasteiger partial charge in [-0.05, 0) is 0 Å². The Morgan fingerprint density at radius 1 is 1.27 bits per heavy atom. The number of ether oxygens (including phenoxy) is 1. The minimum Gasteiger partial charge on any atom is -0.477 e. The highest BCUT2D eigenvalue weighted by atomic mass is 19.2. The quantitative estimate of drug-likeness (QED) is 0.643. The first-order valence-corrected chi connectivity index (χ1v) is 6.16. The van der Waals surface area contributed by atoms with Gasteiger partial charge in [0.2, 0.25) is 5.43 Å². The van der Waals surface area contributed by atoms with Crippen LogP contribution in [0, 0.1) is 17.5 Å². The van der Waals surface area contributed by atoms with E-state index in [4.69, 9.17) is 15.6 Å². The number of pyridine rings is 1. The van der Waals surface area contributed by atoms with Gasteiger partial charge in [0.05, 0.1) is 35.8 Å². The van der Waals surface area contributed by atoms with Crippen LogP contribution in [0.2, 0.25) is 0 Å². The molecule has 0 radical (unpaired) electrons. The minimum absolute atomic E-state index is 0.120. The van der Waals surface area contributed by atoms with E-state index < -0.39 is 57.0 Å². The van der Waals surface area contributed by atoms with E-state index in [1.165, 1.54) is 0 Å². The molecule has 1 aromatic heterocycles. The van der Waals surface area contributed by atoms with Gasteiger partial charge in [-0.15, -0.1) is 0 Å². The molecule has 0 saturated carbocycles. The number of carbonyl (C=O) groups is 1. The number of nitrogen functional groups attached to an aromatic ring is 1. The predicted octanol–water partition coefficient (Wildman–Crippen LogP) is 1.27. The number of benzene rings is 1. The van der Waals surface area contributed by atoms with Crippen LogP contribution in [-0.4, -0.2) is 28.9 Å². The number of carboxylic acid groups (broad SMARTS) is 1. The van der Waals surface area contributed by atoms with Gasteiger partial charge in [-0.25, -0.2) is 18.0 Å². The van der Waals surface area contributed by atoms with Crippen molar-refractivity contribution in [1.29, 1.82) is 0 Å². The Bertz CT molecular complexity index is 874. The molecule has 1 fully saturated rings. The Morgan fingerprint density at radius 3 is 2.41 bits per heavy atom. The third-order valence-corrected chi connectivity index (χ3v) is 3.58. The molecule has 0 aliphatic carbocycles. The number of aromatic carboxylic acids is 1. The average Bonchev–Trinajstić information content (AvgIpc) is 2.41. The lowest BCUT2D eigenvalue weighted by Crippen LogP contribution is -2.33. The topological polar surface area (TPSA) is 94.5 Å². The van der Waals surface area contributed by atoms with Gasteiger partial charge in [0.25, 0.3) is 0 Å². The fraction of sp³-hybridized carbons (Fsp3) is 0.231. The molecular formula is C13H9F3N2O4. The summed E-state index contributed by atoms with van der Waals surface area (Å²) < 4.78 is 47.3. The van der Waals surface area contributed by atoms with Crippen LogP contribution >= 0.6 is 0 Å². The van der Waals surface area contributed by atoms with Gasteiger partial charge in [-0.1, -0.05) is 0 Å². The van der Waals surface area contributed by atoms with Crippen molar-refractivity contribution in [2.45, 2.75) is 6.04 Å². The van der Waals surface area contributed by atoms with Crippen molar-refractivity contribution < 1.29 is 27.8 Å². The number of carboxylic acids is 1. The molecule has 3 N–H and O–H groups in total. The van der Waals surface area contributed by atoms with Crippen LogP contribution in [0.25, 0.3) is 10.9 Å². The van der Waals surface area contributed by atoms with E-state index in [9.17, 15) is 22.8 Å². The van der Waals surface area contributed by atoms with Crippen LogP contribution in [0.1, 0.15) is 16.4 Å². The van der Waals surface area contributed by atoms with Gasteiger partial charge in [0, 0.05) is 6.20 Å². The van der Waals surface area contributed by atoms with Crippen LogP contribution in [0.5, 0.6) is 0 Å². The molecule has 0 spiro atoms. The molecule has 0 atom stereocenters. The number of hydrogen-bond donors (Lipinski definition) is 2. The lowest BCUT2D eigenvalue weighted by Gasteiger charge is -2.30. The van der Waals surface area contributed by atoms with E-state index in [1.54, 1.807) is 0 Å². The Balaban J connectivity index is 2.55. The standard InChI is InChI=1S/C13H9F3N2O4/c14-7-8(15)10(17)6-11(9(7)16)18(4-2-22-3-4)1-5(12(6)19)13(20)21/h1,4H,2-3,17H2,(H,20,21). The van der Waals surface area contributed by atoms with Crippen molar-refractivity contribution in [2.75, 3.05) is 18.9 Å². The van der Waals surface area contributed by atoms with Gasteiger partial charge >= 0.3 is 5.97 Å². The molecule has 2 heterocycles. The Morgan fingerprint density at radius 2 is 1.91 bits per heavy atom. The Labute approximate surface area is 120 Å². The molecule has 3 rings (SSSR count). The van der Waals surface area contributed by atoms with E-state index in [0.29, 0.717) is 0 Å². The summed E-state index contributed by atoms with van der Waals surface area (Å²) in [6.45, 7) is 0.241. The first kappa shape index (κ1) is 14.4. The Kier molecular flexibility index (Phi) is 3.10. The number of aromatic nitrogens is 1. The lowest BCUT2D eigenvalue weighted by atomic mass is 10.1. The zero-order valence-electron chi connectivity index (χ0n) is 10.9. The summed E-state index contributed by atoms with van der Waals surface area (Å²) in [4.78, 5) is 23.3. The van der Waals surface area contributed by atoms with Crippen LogP contribution in [0.15, 0.2) is 11.0 Å². The molecule has 9 heteroatoms. The zero-order chi connectivity index (χ0) is 16.2. The Hall–Kier alpha value is -2.55. The molecule has 1 aromatic carbocycles. The third kappa shape index (κ3) is 1.78. The maximum absolute atomic E-state index is 14.1. The molecular weight excluding hydrogens is 305 g/mol. The molecule has 0 amide bonds. The SMILES string of the molecule is Nc1c(F)c(F)c(F)c2c1c(=O)c(C(=O)O)cn2C1COC1. The van der Waals surface area contributed by atoms with Crippen LogP contribution in [0.4, 0.5) is 18.9 Å². The zero-order valence-corrected chi connectivity index (χ0v) is 10.9. The average molecular weight is 314 g/mol. The monoisotopic (exact) mass is 314 g/mol. The van der Waals surface area contributed by atoms with Crippen LogP contribution in [-0.2, 0) is 4.74 Å². The van der Waals surface area contributed by atoms with E-state index in [2.05, 4.69) is 0 Å². The van der Waals surface area contributed by atoms with Gasteiger partial charge in [0.15, 0.2) is 17.5 Å². The molecule has 6 nitrogen and oxygen atoms in total. The first-order valence-electron chi connectivity index (χ1n) is 6.16. The molecule has 2 aromatic rings. The second-order valence-corrected chi connectivity index (χ2v) is 4.85. The molecule has 1 saturated heterocycles. The van der Waals surface area contributed by atoms with Crippen molar-refractivity contribution in [3.63, 3.8) is 0 Å². The van der Waals surface area contributed by atoms with Crippen molar-refractivity contribution in [1.82, 2.24) is 4.57 Å². The van der Waals surface area contributed by atoms with Crippen molar-refractivity contribution in [2.24, 2.45) is 0 Å². The highest BCUT2D eigenvalue weighted by Crippen LogP contribution is 2.31. The van der Waals surface area contributed by atoms with E-state index in [1.807, 2.05) is 0 Å². The molecule has 1 aliphatic heterocycles. The molecule has 0 bridgehead atoms. The second-order valence-electron chi connectivity index (χ2n) is 4.85. The van der Waals surface area contributed by atoms with E-state index in [0.717, 1.165) is 10.8 Å². The van der Waals surface area contributed by atoms with Crippen molar-refractivity contribution in [3.8, 4) is 0 Å². The normalized spacial score (nSPS) is 15.0. The lowest BCUT2D eigenvalue weighted by molar-refractivity contribution is -0.0219. The van der Waals surface area contributed by atoms with Gasteiger partial charge < -0.3 is 20.1 Å². The summed E-state index contributed by atoms with van der Waals surface area (Å²) in [5.41, 5.74) is 1.99. The third-order valence-electron chi connectivity index (χ3n) is 3.58. The maximum atomic E-state index is 14.1. The van der Waals surface area contributed by atoms with Crippen molar-refractivity contribution in [3.05, 3.63) is 39.4 Å². The number of nitrogens with zero attached hydrogens (tertiary/aromatic N) is 1. The van der Waals surface area contributed by atoms with Crippen molar-refractivity contribution >= 4 is 22.6 Å². The molecule has 1 aliphatic rings. The number of fused-ring (bicyclic) bond motifs is 1. The number of nitrogens with two attached hydrogens (primary N) is 1. The van der Waals surface area contributed by atoms with Gasteiger partial charge in [-0.3, -0.25) is 4.79 Å². The first-order chi connectivity index (χ1) is 10.3. The predicted molar refractivity (Wildman–Crippen MR) is 69.3 cm³/mol. The van der Waals surface area contributed by atoms with Gasteiger partial charge in [0.1, 0.15) is 5.56 Å². The summed E-state index contributed by atoms with van der Waals surface area (Å²) in [6.07, 6.45) is 0.889. The smallest absolute Gasteiger partial charge is 0.341 e. The maximum Gasteiger partial charge on any atom is 0.341 e. The summed E-state index contributed by atoms with van der Waals surface area (Å²) in [5, 5.41) is 8.37. The fourth-order valence-electron chi connectivity index (χ4n) is 2.36. The highest BCUT2D eigenvalue weighted by molar-refractivity contribution is 5.97. The molecule has 0 unspecified atom stereocenters. The summed E-state index contributed by atoms with van der Waals surface area (Å²) in [7, 11) is 0. The number of hydrogen-bond acceptors (Lipinski definition) is 4. The van der Waals surface area contributed by atoms with E-state index in [-0.39, 0.29) is 13.2 Å². The molecule has 116 valence electrons. The largest absolute Gasteiger partial charge is 0.477 e. The molecule has 22 heavy (non-hydrogen) atoms. The number of halogens is 3.